The van der Waals surface area contributed by atoms with Crippen LogP contribution in [0.3, 0.4) is 0 Å². The lowest BCUT2D eigenvalue weighted by Gasteiger charge is -2.17. The zero-order valence-electron chi connectivity index (χ0n) is 7.79. The zero-order valence-corrected chi connectivity index (χ0v) is 8.60. The van der Waals surface area contributed by atoms with Gasteiger partial charge in [-0.1, -0.05) is 0 Å². The van der Waals surface area contributed by atoms with Crippen LogP contribution in [-0.4, -0.2) is 16.5 Å². The van der Waals surface area contributed by atoms with E-state index in [1.54, 1.807) is 11.5 Å². The summed E-state index contributed by atoms with van der Waals surface area (Å²) in [7, 11) is 0. The third kappa shape index (κ3) is 1.22. The fourth-order valence-electron chi connectivity index (χ4n) is 2.71. The minimum atomic E-state index is 0.712. The van der Waals surface area contributed by atoms with Crippen LogP contribution in [0.5, 0.6) is 0 Å². The molecule has 13 heavy (non-hydrogen) atoms. The number of rotatable bonds is 1. The second-order valence-corrected chi connectivity index (χ2v) is 5.26. The fraction of sp³-hybridized carbons (Fsp3) is 0.700. The van der Waals surface area contributed by atoms with Gasteiger partial charge in [-0.05, 0) is 43.8 Å². The zero-order chi connectivity index (χ0) is 8.84. The first-order valence-electron chi connectivity index (χ1n) is 5.02. The van der Waals surface area contributed by atoms with Crippen molar-refractivity contribution in [2.24, 2.45) is 0 Å². The molecule has 0 aromatic carbocycles. The van der Waals surface area contributed by atoms with E-state index in [9.17, 15) is 0 Å². The van der Waals surface area contributed by atoms with Crippen molar-refractivity contribution in [1.29, 1.82) is 0 Å². The van der Waals surface area contributed by atoms with Crippen molar-refractivity contribution in [2.75, 3.05) is 0 Å². The highest BCUT2D eigenvalue weighted by atomic mass is 32.1. The highest BCUT2D eigenvalue weighted by molar-refractivity contribution is 7.05. The van der Waals surface area contributed by atoms with Crippen LogP contribution in [0, 0.1) is 6.92 Å². The molecule has 0 saturated carbocycles. The summed E-state index contributed by atoms with van der Waals surface area (Å²) in [5.41, 5.74) is 1.34. The Balaban J connectivity index is 1.87. The molecule has 2 saturated heterocycles. The molecule has 0 radical (unpaired) electrons. The molecule has 1 aromatic rings. The van der Waals surface area contributed by atoms with Crippen molar-refractivity contribution < 1.29 is 0 Å². The van der Waals surface area contributed by atoms with Gasteiger partial charge in [-0.2, -0.15) is 4.37 Å². The number of fused-ring (bicyclic) bond motifs is 2. The molecule has 0 amide bonds. The predicted molar refractivity (Wildman–Crippen MR) is 54.2 cm³/mol. The summed E-state index contributed by atoms with van der Waals surface area (Å²) in [5.74, 6) is 0.712. The summed E-state index contributed by atoms with van der Waals surface area (Å²) in [4.78, 5) is 1.35. The lowest BCUT2D eigenvalue weighted by molar-refractivity contribution is 0.500. The molecule has 2 aliphatic rings. The first kappa shape index (κ1) is 7.94. The number of aryl methyl sites for hydroxylation is 1. The third-order valence-corrected chi connectivity index (χ3v) is 4.03. The maximum Gasteiger partial charge on any atom is 0.0591 e. The SMILES string of the molecule is Cc1cc(C2CC3CCC2N3)ns1. The maximum atomic E-state index is 4.52. The van der Waals surface area contributed by atoms with Crippen LogP contribution >= 0.6 is 11.5 Å². The molecule has 2 bridgehead atoms. The van der Waals surface area contributed by atoms with E-state index in [0.29, 0.717) is 5.92 Å². The maximum absolute atomic E-state index is 4.52. The summed E-state index contributed by atoms with van der Waals surface area (Å²) >= 11 is 1.64. The largest absolute Gasteiger partial charge is 0.311 e. The third-order valence-electron chi connectivity index (χ3n) is 3.33. The summed E-state index contributed by atoms with van der Waals surface area (Å²) in [6.45, 7) is 2.14. The quantitative estimate of drug-likeness (QED) is 0.740. The molecule has 0 aliphatic carbocycles. The van der Waals surface area contributed by atoms with Gasteiger partial charge in [-0.15, -0.1) is 0 Å². The summed E-state index contributed by atoms with van der Waals surface area (Å²) in [5, 5.41) is 3.65. The Morgan fingerprint density at radius 1 is 1.54 bits per heavy atom. The van der Waals surface area contributed by atoms with Crippen molar-refractivity contribution in [2.45, 2.75) is 44.2 Å². The first-order chi connectivity index (χ1) is 6.33. The van der Waals surface area contributed by atoms with Crippen molar-refractivity contribution in [3.63, 3.8) is 0 Å². The van der Waals surface area contributed by atoms with Gasteiger partial charge in [-0.3, -0.25) is 0 Å². The number of nitrogens with zero attached hydrogens (tertiary/aromatic N) is 1. The lowest BCUT2D eigenvalue weighted by atomic mass is 9.87. The summed E-state index contributed by atoms with van der Waals surface area (Å²) < 4.78 is 4.52. The Bertz CT molecular complexity index is 320. The van der Waals surface area contributed by atoms with Crippen LogP contribution in [0.2, 0.25) is 0 Å². The second-order valence-electron chi connectivity index (χ2n) is 4.25. The standard InChI is InChI=1S/C10H14N2S/c1-6-4-10(12-13-6)8-5-7-2-3-9(8)11-7/h4,7-9,11H,2-3,5H2,1H3. The molecular weight excluding hydrogens is 180 g/mol. The Kier molecular flexibility index (Phi) is 1.70. The van der Waals surface area contributed by atoms with E-state index >= 15 is 0 Å². The molecule has 2 nitrogen and oxygen atoms in total. The van der Waals surface area contributed by atoms with Gasteiger partial charge in [0.25, 0.3) is 0 Å². The molecule has 3 rings (SSSR count). The Morgan fingerprint density at radius 3 is 3.00 bits per heavy atom. The molecular formula is C10H14N2S. The van der Waals surface area contributed by atoms with Gasteiger partial charge in [-0.25, -0.2) is 0 Å². The highest BCUT2D eigenvalue weighted by Gasteiger charge is 2.40. The fourth-order valence-corrected chi connectivity index (χ4v) is 3.32. The van der Waals surface area contributed by atoms with Crippen molar-refractivity contribution in [3.8, 4) is 0 Å². The van der Waals surface area contributed by atoms with Crippen LogP contribution in [-0.2, 0) is 0 Å². The van der Waals surface area contributed by atoms with Gasteiger partial charge in [0.05, 0.1) is 5.69 Å². The molecule has 3 unspecified atom stereocenters. The minimum Gasteiger partial charge on any atom is -0.311 e. The molecule has 3 heteroatoms. The number of hydrogen-bond donors (Lipinski definition) is 1. The lowest BCUT2D eigenvalue weighted by Crippen LogP contribution is -2.21. The first-order valence-corrected chi connectivity index (χ1v) is 5.79. The number of hydrogen-bond acceptors (Lipinski definition) is 3. The van der Waals surface area contributed by atoms with Crippen LogP contribution in [0.1, 0.15) is 35.8 Å². The van der Waals surface area contributed by atoms with E-state index in [2.05, 4.69) is 22.7 Å². The smallest absolute Gasteiger partial charge is 0.0591 e. The summed E-state index contributed by atoms with van der Waals surface area (Å²) in [6.07, 6.45) is 4.05. The Morgan fingerprint density at radius 2 is 2.46 bits per heavy atom. The monoisotopic (exact) mass is 194 g/mol. The normalized spacial score (nSPS) is 37.2. The minimum absolute atomic E-state index is 0.712. The molecule has 3 atom stereocenters. The van der Waals surface area contributed by atoms with Gasteiger partial charge in [0.15, 0.2) is 0 Å². The molecule has 70 valence electrons. The topological polar surface area (TPSA) is 24.9 Å². The Hall–Kier alpha value is -0.410. The average molecular weight is 194 g/mol. The van der Waals surface area contributed by atoms with E-state index in [4.69, 9.17) is 0 Å². The predicted octanol–water partition coefficient (Wildman–Crippen LogP) is 2.06. The van der Waals surface area contributed by atoms with E-state index < -0.39 is 0 Å². The van der Waals surface area contributed by atoms with Crippen molar-refractivity contribution in [1.82, 2.24) is 9.69 Å². The van der Waals surface area contributed by atoms with E-state index in [0.717, 1.165) is 12.1 Å². The van der Waals surface area contributed by atoms with Gasteiger partial charge in [0.1, 0.15) is 0 Å². The van der Waals surface area contributed by atoms with Gasteiger partial charge in [0, 0.05) is 22.9 Å². The summed E-state index contributed by atoms with van der Waals surface area (Å²) in [6, 6.07) is 3.78. The highest BCUT2D eigenvalue weighted by Crippen LogP contribution is 2.39. The van der Waals surface area contributed by atoms with E-state index in [1.807, 2.05) is 0 Å². The van der Waals surface area contributed by atoms with Crippen LogP contribution < -0.4 is 5.32 Å². The van der Waals surface area contributed by atoms with Gasteiger partial charge >= 0.3 is 0 Å². The number of nitrogens with one attached hydrogen (secondary N) is 1. The van der Waals surface area contributed by atoms with Crippen molar-refractivity contribution >= 4 is 11.5 Å². The average Bonchev–Trinajstić information content (AvgIpc) is 2.77. The molecule has 2 fully saturated rings. The Labute approximate surface area is 82.5 Å². The van der Waals surface area contributed by atoms with Gasteiger partial charge in [0.2, 0.25) is 0 Å². The van der Waals surface area contributed by atoms with E-state index in [-0.39, 0.29) is 0 Å². The number of aromatic nitrogens is 1. The molecule has 3 heterocycles. The van der Waals surface area contributed by atoms with Gasteiger partial charge < -0.3 is 5.32 Å². The molecule has 1 N–H and O–H groups in total. The van der Waals surface area contributed by atoms with Crippen LogP contribution in [0.15, 0.2) is 6.07 Å². The van der Waals surface area contributed by atoms with E-state index in [1.165, 1.54) is 29.8 Å². The molecule has 1 aromatic heterocycles. The van der Waals surface area contributed by atoms with Crippen LogP contribution in [0.4, 0.5) is 0 Å². The second kappa shape index (κ2) is 2.79. The van der Waals surface area contributed by atoms with Crippen molar-refractivity contribution in [3.05, 3.63) is 16.6 Å². The van der Waals surface area contributed by atoms with Crippen LogP contribution in [0.25, 0.3) is 0 Å². The molecule has 0 spiro atoms. The molecule has 2 aliphatic heterocycles.